The molecule has 0 aliphatic carbocycles. The zero-order valence-corrected chi connectivity index (χ0v) is 12.6. The Hall–Kier alpha value is -1.59. The van der Waals surface area contributed by atoms with E-state index in [0.29, 0.717) is 25.6 Å². The first-order valence-electron chi connectivity index (χ1n) is 7.50. The van der Waals surface area contributed by atoms with Crippen molar-refractivity contribution < 1.29 is 14.3 Å². The van der Waals surface area contributed by atoms with Gasteiger partial charge in [0.25, 0.3) is 0 Å². The van der Waals surface area contributed by atoms with Gasteiger partial charge in [0, 0.05) is 32.7 Å². The standard InChI is InChI=1S/C16H24N2O3/c1-20-14-6-4-13(5-7-14)11-18-16(19)8-9-17-12-15-3-2-10-21-15/h4-7,15,17H,2-3,8-12H2,1H3,(H,18,19). The predicted octanol–water partition coefficient (Wildman–Crippen LogP) is 1.47. The van der Waals surface area contributed by atoms with Crippen LogP contribution in [0.4, 0.5) is 0 Å². The highest BCUT2D eigenvalue weighted by Gasteiger charge is 2.14. The van der Waals surface area contributed by atoms with Gasteiger partial charge >= 0.3 is 0 Å². The molecule has 1 aromatic rings. The van der Waals surface area contributed by atoms with Crippen LogP contribution in [0.2, 0.25) is 0 Å². The maximum atomic E-state index is 11.7. The molecule has 0 bridgehead atoms. The number of amides is 1. The Morgan fingerprint density at radius 2 is 2.19 bits per heavy atom. The molecule has 1 atom stereocenters. The number of methoxy groups -OCH3 is 1. The van der Waals surface area contributed by atoms with Crippen LogP contribution in [-0.2, 0) is 16.1 Å². The van der Waals surface area contributed by atoms with Crippen molar-refractivity contribution in [3.05, 3.63) is 29.8 Å². The maximum absolute atomic E-state index is 11.7. The summed E-state index contributed by atoms with van der Waals surface area (Å²) in [6.45, 7) is 2.95. The molecule has 116 valence electrons. The average molecular weight is 292 g/mol. The minimum absolute atomic E-state index is 0.0608. The lowest BCUT2D eigenvalue weighted by molar-refractivity contribution is -0.121. The van der Waals surface area contributed by atoms with Gasteiger partial charge in [-0.2, -0.15) is 0 Å². The van der Waals surface area contributed by atoms with Crippen molar-refractivity contribution in [1.82, 2.24) is 10.6 Å². The average Bonchev–Trinajstić information content (AvgIpc) is 3.03. The number of carbonyl (C=O) groups is 1. The predicted molar refractivity (Wildman–Crippen MR) is 81.3 cm³/mol. The first-order valence-corrected chi connectivity index (χ1v) is 7.50. The van der Waals surface area contributed by atoms with Crippen molar-refractivity contribution in [2.24, 2.45) is 0 Å². The fourth-order valence-electron chi connectivity index (χ4n) is 2.30. The number of benzene rings is 1. The Morgan fingerprint density at radius 3 is 2.86 bits per heavy atom. The molecular formula is C16H24N2O3. The van der Waals surface area contributed by atoms with Crippen LogP contribution in [0.5, 0.6) is 5.75 Å². The molecule has 1 heterocycles. The van der Waals surface area contributed by atoms with Gasteiger partial charge in [0.05, 0.1) is 13.2 Å². The van der Waals surface area contributed by atoms with Crippen LogP contribution in [0.15, 0.2) is 24.3 Å². The van der Waals surface area contributed by atoms with Gasteiger partial charge in [-0.1, -0.05) is 12.1 Å². The van der Waals surface area contributed by atoms with Crippen molar-refractivity contribution in [1.29, 1.82) is 0 Å². The largest absolute Gasteiger partial charge is 0.497 e. The summed E-state index contributed by atoms with van der Waals surface area (Å²) in [5.41, 5.74) is 1.07. The van der Waals surface area contributed by atoms with Crippen molar-refractivity contribution >= 4 is 5.91 Å². The van der Waals surface area contributed by atoms with Gasteiger partial charge in [-0.15, -0.1) is 0 Å². The zero-order chi connectivity index (χ0) is 14.9. The van der Waals surface area contributed by atoms with Crippen LogP contribution in [0.25, 0.3) is 0 Å². The number of hydrogen-bond acceptors (Lipinski definition) is 4. The second-order valence-corrected chi connectivity index (χ2v) is 5.21. The molecule has 1 saturated heterocycles. The molecule has 1 aliphatic heterocycles. The van der Waals surface area contributed by atoms with Crippen molar-refractivity contribution in [3.8, 4) is 5.75 Å². The van der Waals surface area contributed by atoms with E-state index in [1.54, 1.807) is 7.11 Å². The third kappa shape index (κ3) is 5.73. The molecule has 1 aliphatic rings. The van der Waals surface area contributed by atoms with Gasteiger partial charge in [-0.05, 0) is 30.5 Å². The number of ether oxygens (including phenoxy) is 2. The number of carbonyl (C=O) groups excluding carboxylic acids is 1. The molecule has 1 unspecified atom stereocenters. The molecule has 0 spiro atoms. The van der Waals surface area contributed by atoms with E-state index in [2.05, 4.69) is 10.6 Å². The highest BCUT2D eigenvalue weighted by atomic mass is 16.5. The van der Waals surface area contributed by atoms with E-state index in [9.17, 15) is 4.79 Å². The van der Waals surface area contributed by atoms with Crippen molar-refractivity contribution in [2.45, 2.75) is 31.9 Å². The SMILES string of the molecule is COc1ccc(CNC(=O)CCNCC2CCCO2)cc1. The number of rotatable bonds is 8. The van der Waals surface area contributed by atoms with E-state index in [-0.39, 0.29) is 5.91 Å². The van der Waals surface area contributed by atoms with E-state index in [0.717, 1.165) is 37.3 Å². The Balaban J connectivity index is 1.56. The molecule has 0 aromatic heterocycles. The summed E-state index contributed by atoms with van der Waals surface area (Å²) in [4.78, 5) is 11.7. The summed E-state index contributed by atoms with van der Waals surface area (Å²) in [6, 6.07) is 7.69. The number of nitrogens with one attached hydrogen (secondary N) is 2. The molecule has 0 radical (unpaired) electrons. The highest BCUT2D eigenvalue weighted by molar-refractivity contribution is 5.76. The fraction of sp³-hybridized carbons (Fsp3) is 0.562. The van der Waals surface area contributed by atoms with E-state index < -0.39 is 0 Å². The quantitative estimate of drug-likeness (QED) is 0.712. The second-order valence-electron chi connectivity index (χ2n) is 5.21. The minimum Gasteiger partial charge on any atom is -0.497 e. The maximum Gasteiger partial charge on any atom is 0.221 e. The Bertz CT molecular complexity index is 428. The molecule has 1 aromatic carbocycles. The topological polar surface area (TPSA) is 59.6 Å². The zero-order valence-electron chi connectivity index (χ0n) is 12.6. The van der Waals surface area contributed by atoms with E-state index in [1.807, 2.05) is 24.3 Å². The molecule has 2 N–H and O–H groups in total. The molecule has 5 heteroatoms. The van der Waals surface area contributed by atoms with Gasteiger partial charge in [0.15, 0.2) is 0 Å². The molecular weight excluding hydrogens is 268 g/mol. The lowest BCUT2D eigenvalue weighted by Gasteiger charge is -2.10. The van der Waals surface area contributed by atoms with Crippen LogP contribution in [0.1, 0.15) is 24.8 Å². The third-order valence-electron chi connectivity index (χ3n) is 3.57. The minimum atomic E-state index is 0.0608. The summed E-state index contributed by atoms with van der Waals surface area (Å²) in [6.07, 6.45) is 3.08. The van der Waals surface area contributed by atoms with Crippen LogP contribution in [0, 0.1) is 0 Å². The highest BCUT2D eigenvalue weighted by Crippen LogP contribution is 2.11. The Kier molecular flexibility index (Phi) is 6.50. The van der Waals surface area contributed by atoms with Gasteiger partial charge in [-0.3, -0.25) is 4.79 Å². The van der Waals surface area contributed by atoms with E-state index in [4.69, 9.17) is 9.47 Å². The van der Waals surface area contributed by atoms with Crippen LogP contribution in [0.3, 0.4) is 0 Å². The summed E-state index contributed by atoms with van der Waals surface area (Å²) >= 11 is 0. The Morgan fingerprint density at radius 1 is 1.38 bits per heavy atom. The van der Waals surface area contributed by atoms with Gasteiger partial charge < -0.3 is 20.1 Å². The molecule has 0 saturated carbocycles. The monoisotopic (exact) mass is 292 g/mol. The van der Waals surface area contributed by atoms with Crippen LogP contribution >= 0.6 is 0 Å². The summed E-state index contributed by atoms with van der Waals surface area (Å²) < 4.78 is 10.6. The van der Waals surface area contributed by atoms with Crippen LogP contribution in [-0.4, -0.2) is 38.8 Å². The van der Waals surface area contributed by atoms with E-state index in [1.165, 1.54) is 0 Å². The normalized spacial score (nSPS) is 17.7. The van der Waals surface area contributed by atoms with Crippen molar-refractivity contribution in [3.63, 3.8) is 0 Å². The Labute approximate surface area is 126 Å². The van der Waals surface area contributed by atoms with Crippen molar-refractivity contribution in [2.75, 3.05) is 26.8 Å². The summed E-state index contributed by atoms with van der Waals surface area (Å²) in [7, 11) is 1.64. The van der Waals surface area contributed by atoms with Gasteiger partial charge in [0.1, 0.15) is 5.75 Å². The molecule has 1 fully saturated rings. The number of hydrogen-bond donors (Lipinski definition) is 2. The van der Waals surface area contributed by atoms with Crippen LogP contribution < -0.4 is 15.4 Å². The second kappa shape index (κ2) is 8.64. The lowest BCUT2D eigenvalue weighted by atomic mass is 10.2. The van der Waals surface area contributed by atoms with Gasteiger partial charge in [0.2, 0.25) is 5.91 Å². The molecule has 1 amide bonds. The first-order chi connectivity index (χ1) is 10.3. The summed E-state index contributed by atoms with van der Waals surface area (Å²) in [5.74, 6) is 0.883. The molecule has 2 rings (SSSR count). The molecule has 5 nitrogen and oxygen atoms in total. The first kappa shape index (κ1) is 15.8. The lowest BCUT2D eigenvalue weighted by Crippen LogP contribution is -2.31. The van der Waals surface area contributed by atoms with E-state index >= 15 is 0 Å². The van der Waals surface area contributed by atoms with Gasteiger partial charge in [-0.25, -0.2) is 0 Å². The molecule has 21 heavy (non-hydrogen) atoms. The fourth-order valence-corrected chi connectivity index (χ4v) is 2.30. The third-order valence-corrected chi connectivity index (χ3v) is 3.57. The smallest absolute Gasteiger partial charge is 0.221 e. The summed E-state index contributed by atoms with van der Waals surface area (Å²) in [5, 5.41) is 6.18.